The minimum atomic E-state index is -1.33. The van der Waals surface area contributed by atoms with Crippen LogP contribution in [0.4, 0.5) is 18.9 Å². The van der Waals surface area contributed by atoms with Crippen molar-refractivity contribution in [2.24, 2.45) is 5.73 Å². The topological polar surface area (TPSA) is 91.2 Å². The minimum absolute atomic E-state index is 0.0165. The van der Waals surface area contributed by atoms with Crippen molar-refractivity contribution in [1.29, 1.82) is 0 Å². The lowest BCUT2D eigenvalue weighted by atomic mass is 9.99. The van der Waals surface area contributed by atoms with E-state index in [1.807, 2.05) is 0 Å². The van der Waals surface area contributed by atoms with E-state index in [1.54, 1.807) is 6.92 Å². The molecule has 0 spiro atoms. The Labute approximate surface area is 159 Å². The lowest BCUT2D eigenvalue weighted by Crippen LogP contribution is -2.51. The molecule has 2 amide bonds. The zero-order chi connectivity index (χ0) is 20.6. The van der Waals surface area contributed by atoms with Gasteiger partial charge in [0.2, 0.25) is 5.91 Å². The van der Waals surface area contributed by atoms with Gasteiger partial charge in [-0.1, -0.05) is 6.58 Å². The van der Waals surface area contributed by atoms with Crippen LogP contribution in [0.1, 0.15) is 28.0 Å². The van der Waals surface area contributed by atoms with Crippen molar-refractivity contribution >= 4 is 28.4 Å². The molecule has 4 N–H and O–H groups in total. The Morgan fingerprint density at radius 1 is 1.46 bits per heavy atom. The number of hydrogen-bond acceptors (Lipinski definition) is 3. The second-order valence-electron chi connectivity index (χ2n) is 6.88. The van der Waals surface area contributed by atoms with Crippen LogP contribution in [-0.4, -0.2) is 42.1 Å². The molecule has 0 radical (unpaired) electrons. The van der Waals surface area contributed by atoms with Crippen LogP contribution in [0.15, 0.2) is 18.7 Å². The highest BCUT2D eigenvalue weighted by atomic mass is 19.1. The highest BCUT2D eigenvalue weighted by molar-refractivity contribution is 6.10. The summed E-state index contributed by atoms with van der Waals surface area (Å²) in [7, 11) is 0. The fourth-order valence-electron chi connectivity index (χ4n) is 3.77. The summed E-state index contributed by atoms with van der Waals surface area (Å²) in [6.07, 6.45) is -0.186. The summed E-state index contributed by atoms with van der Waals surface area (Å²) < 4.78 is 43.1. The number of primary amides is 1. The van der Waals surface area contributed by atoms with E-state index in [-0.39, 0.29) is 47.2 Å². The number of aromatic nitrogens is 1. The van der Waals surface area contributed by atoms with Gasteiger partial charge in [0.25, 0.3) is 5.91 Å². The van der Waals surface area contributed by atoms with Crippen LogP contribution in [0.25, 0.3) is 10.9 Å². The minimum Gasteiger partial charge on any atom is -0.366 e. The zero-order valence-electron chi connectivity index (χ0n) is 15.3. The third-order valence-electron chi connectivity index (χ3n) is 4.97. The molecule has 1 fully saturated rings. The molecule has 1 aromatic carbocycles. The maximum Gasteiger partial charge on any atom is 0.250 e. The molecule has 1 aromatic heterocycles. The molecule has 1 aliphatic rings. The predicted molar refractivity (Wildman–Crippen MR) is 100 cm³/mol. The maximum atomic E-state index is 15.0. The van der Waals surface area contributed by atoms with Gasteiger partial charge in [-0.25, -0.2) is 13.2 Å². The lowest BCUT2D eigenvalue weighted by Gasteiger charge is -2.37. The maximum absolute atomic E-state index is 15.0. The van der Waals surface area contributed by atoms with Crippen molar-refractivity contribution in [2.75, 3.05) is 18.0 Å². The number of anilines is 1. The van der Waals surface area contributed by atoms with E-state index < -0.39 is 36.5 Å². The third-order valence-corrected chi connectivity index (χ3v) is 4.97. The highest BCUT2D eigenvalue weighted by Crippen LogP contribution is 2.38. The average molecular weight is 394 g/mol. The number of piperidine rings is 1. The van der Waals surface area contributed by atoms with Gasteiger partial charge in [-0.3, -0.25) is 9.59 Å². The van der Waals surface area contributed by atoms with Crippen molar-refractivity contribution in [3.63, 3.8) is 0 Å². The van der Waals surface area contributed by atoms with Crippen molar-refractivity contribution < 1.29 is 22.8 Å². The molecule has 2 atom stereocenters. The summed E-state index contributed by atoms with van der Waals surface area (Å²) in [6, 6.07) is 0.394. The van der Waals surface area contributed by atoms with E-state index >= 15 is 4.39 Å². The van der Waals surface area contributed by atoms with Crippen LogP contribution in [-0.2, 0) is 11.5 Å². The Balaban J connectivity index is 2.15. The van der Waals surface area contributed by atoms with Crippen molar-refractivity contribution in [3.05, 3.63) is 41.4 Å². The fourth-order valence-corrected chi connectivity index (χ4v) is 3.77. The Morgan fingerprint density at radius 3 is 2.79 bits per heavy atom. The Hall–Kier alpha value is -2.97. The monoisotopic (exact) mass is 394 g/mol. The number of fused-ring (bicyclic) bond motifs is 1. The second-order valence-corrected chi connectivity index (χ2v) is 6.88. The number of aromatic amines is 1. The molecule has 0 aliphatic carbocycles. The fraction of sp³-hybridized carbons (Fsp3) is 0.368. The van der Waals surface area contributed by atoms with Gasteiger partial charge in [-0.2, -0.15) is 0 Å². The van der Waals surface area contributed by atoms with Crippen LogP contribution in [0, 0.1) is 12.7 Å². The summed E-state index contributed by atoms with van der Waals surface area (Å²) in [4.78, 5) is 27.6. The lowest BCUT2D eigenvalue weighted by molar-refractivity contribution is -0.117. The van der Waals surface area contributed by atoms with E-state index in [4.69, 9.17) is 5.73 Å². The second kappa shape index (κ2) is 7.57. The van der Waals surface area contributed by atoms with Gasteiger partial charge >= 0.3 is 0 Å². The SMILES string of the molecule is C=CC(=O)N[C@H]1C[C@H](F)CN(c2c(F)cc(C(N)=O)c3[nH]c(C)c(CF)c23)C1. The van der Waals surface area contributed by atoms with Gasteiger partial charge in [0.05, 0.1) is 16.8 Å². The first-order valence-corrected chi connectivity index (χ1v) is 8.78. The molecular weight excluding hydrogens is 373 g/mol. The summed E-state index contributed by atoms with van der Waals surface area (Å²) >= 11 is 0. The predicted octanol–water partition coefficient (Wildman–Crippen LogP) is 2.40. The first-order valence-electron chi connectivity index (χ1n) is 8.78. The average Bonchev–Trinajstić information content (AvgIpc) is 2.95. The van der Waals surface area contributed by atoms with Crippen molar-refractivity contribution in [2.45, 2.75) is 32.2 Å². The summed E-state index contributed by atoms with van der Waals surface area (Å²) in [5, 5.41) is 2.78. The van der Waals surface area contributed by atoms with Crippen LogP contribution < -0.4 is 16.0 Å². The molecule has 28 heavy (non-hydrogen) atoms. The molecule has 150 valence electrons. The van der Waals surface area contributed by atoms with Crippen LogP contribution in [0.5, 0.6) is 0 Å². The number of aryl methyl sites for hydroxylation is 1. The number of nitrogens with two attached hydrogens (primary N) is 1. The Kier molecular flexibility index (Phi) is 5.35. The van der Waals surface area contributed by atoms with Crippen LogP contribution in [0.3, 0.4) is 0 Å². The molecule has 0 bridgehead atoms. The summed E-state index contributed by atoms with van der Waals surface area (Å²) in [5.74, 6) is -2.13. The number of carbonyl (C=O) groups excluding carboxylic acids is 2. The molecule has 1 saturated heterocycles. The van der Waals surface area contributed by atoms with E-state index in [0.717, 1.165) is 12.1 Å². The molecule has 0 unspecified atom stereocenters. The number of hydrogen-bond donors (Lipinski definition) is 3. The first-order chi connectivity index (χ1) is 13.3. The molecule has 2 aromatic rings. The number of carbonyl (C=O) groups is 2. The highest BCUT2D eigenvalue weighted by Gasteiger charge is 2.32. The number of nitrogens with one attached hydrogen (secondary N) is 2. The molecule has 2 heterocycles. The van der Waals surface area contributed by atoms with Gasteiger partial charge in [-0.05, 0) is 19.1 Å². The van der Waals surface area contributed by atoms with Gasteiger partial charge in [0, 0.05) is 42.2 Å². The molecule has 0 saturated carbocycles. The number of benzene rings is 1. The van der Waals surface area contributed by atoms with Crippen LogP contribution >= 0.6 is 0 Å². The van der Waals surface area contributed by atoms with Crippen molar-refractivity contribution in [3.8, 4) is 0 Å². The van der Waals surface area contributed by atoms with Crippen molar-refractivity contribution in [1.82, 2.24) is 10.3 Å². The number of nitrogens with zero attached hydrogens (tertiary/aromatic N) is 1. The largest absolute Gasteiger partial charge is 0.366 e. The number of alkyl halides is 2. The molecular formula is C19H21F3N4O2. The number of amides is 2. The van der Waals surface area contributed by atoms with E-state index in [1.165, 1.54) is 4.90 Å². The van der Waals surface area contributed by atoms with Gasteiger partial charge in [0.1, 0.15) is 18.7 Å². The zero-order valence-corrected chi connectivity index (χ0v) is 15.3. The Morgan fingerprint density at radius 2 is 2.18 bits per heavy atom. The van der Waals surface area contributed by atoms with E-state index in [2.05, 4.69) is 16.9 Å². The van der Waals surface area contributed by atoms with E-state index in [0.29, 0.717) is 5.69 Å². The van der Waals surface area contributed by atoms with Gasteiger partial charge in [0.15, 0.2) is 0 Å². The summed E-state index contributed by atoms with van der Waals surface area (Å²) in [6.45, 7) is 4.06. The first kappa shape index (κ1) is 19.8. The quantitative estimate of drug-likeness (QED) is 0.680. The van der Waals surface area contributed by atoms with Crippen LogP contribution in [0.2, 0.25) is 0 Å². The van der Waals surface area contributed by atoms with E-state index in [9.17, 15) is 18.4 Å². The normalized spacial score (nSPS) is 19.6. The number of H-pyrrole nitrogens is 1. The summed E-state index contributed by atoms with van der Waals surface area (Å²) in [5.41, 5.74) is 6.04. The third kappa shape index (κ3) is 3.44. The van der Waals surface area contributed by atoms with Gasteiger partial charge < -0.3 is 20.9 Å². The van der Waals surface area contributed by atoms with Gasteiger partial charge in [-0.15, -0.1) is 0 Å². The smallest absolute Gasteiger partial charge is 0.250 e. The molecule has 3 rings (SSSR count). The molecule has 1 aliphatic heterocycles. The molecule has 9 heteroatoms. The Bertz CT molecular complexity index is 957. The standard InChI is InChI=1S/C19H21F3N4O2/c1-3-15(27)25-11-4-10(21)7-26(8-11)18-14(22)5-12(19(23)28)17-16(18)13(6-20)9(2)24-17/h3,5,10-11,24H,1,4,6-8H2,2H3,(H2,23,28)(H,25,27)/t10-,11-/m0/s1. The molecule has 6 nitrogen and oxygen atoms in total. The number of halogens is 3. The number of rotatable bonds is 5.